The molecule has 1 aliphatic carbocycles. The van der Waals surface area contributed by atoms with Gasteiger partial charge in [-0.15, -0.1) is 0 Å². The van der Waals surface area contributed by atoms with Crippen LogP contribution in [0.2, 0.25) is 5.02 Å². The van der Waals surface area contributed by atoms with E-state index in [1.807, 2.05) is 29.2 Å². The molecule has 1 aromatic carbocycles. The smallest absolute Gasteiger partial charge is 0.232 e. The number of carbonyl (C=O) groups excluding carboxylic acids is 1. The summed E-state index contributed by atoms with van der Waals surface area (Å²) in [6.07, 6.45) is 2.71. The van der Waals surface area contributed by atoms with Gasteiger partial charge in [-0.3, -0.25) is 4.79 Å². The maximum absolute atomic E-state index is 12.2. The minimum Gasteiger partial charge on any atom is -0.339 e. The van der Waals surface area contributed by atoms with Crippen molar-refractivity contribution in [3.8, 4) is 0 Å². The van der Waals surface area contributed by atoms with Crippen molar-refractivity contribution >= 4 is 17.5 Å². The number of halogens is 1. The maximum Gasteiger partial charge on any atom is 0.232 e. The first-order chi connectivity index (χ1) is 10.7. The molecule has 1 aliphatic heterocycles. The highest BCUT2D eigenvalue weighted by Crippen LogP contribution is 2.39. The monoisotopic (exact) mass is 317 g/mol. The third-order valence-electron chi connectivity index (χ3n) is 4.28. The van der Waals surface area contributed by atoms with Gasteiger partial charge in [0.2, 0.25) is 11.8 Å². The average Bonchev–Trinajstić information content (AvgIpc) is 3.13. The Morgan fingerprint density at radius 2 is 2.09 bits per heavy atom. The van der Waals surface area contributed by atoms with Crippen molar-refractivity contribution in [2.24, 2.45) is 0 Å². The van der Waals surface area contributed by atoms with E-state index in [-0.39, 0.29) is 11.8 Å². The Labute approximate surface area is 133 Å². The van der Waals surface area contributed by atoms with Crippen LogP contribution in [0.4, 0.5) is 0 Å². The van der Waals surface area contributed by atoms with Crippen LogP contribution in [0.25, 0.3) is 0 Å². The van der Waals surface area contributed by atoms with Gasteiger partial charge >= 0.3 is 0 Å². The molecule has 0 bridgehead atoms. The molecule has 1 atom stereocenters. The van der Waals surface area contributed by atoms with Gasteiger partial charge < -0.3 is 9.42 Å². The number of aromatic nitrogens is 2. The van der Waals surface area contributed by atoms with E-state index in [0.29, 0.717) is 36.3 Å². The topological polar surface area (TPSA) is 59.2 Å². The Morgan fingerprint density at radius 3 is 2.86 bits per heavy atom. The predicted molar refractivity (Wildman–Crippen MR) is 80.5 cm³/mol. The molecule has 1 unspecified atom stereocenters. The van der Waals surface area contributed by atoms with Gasteiger partial charge in [0, 0.05) is 30.5 Å². The second kappa shape index (κ2) is 5.39. The Morgan fingerprint density at radius 1 is 1.27 bits per heavy atom. The van der Waals surface area contributed by atoms with Crippen LogP contribution in [-0.2, 0) is 11.3 Å². The van der Waals surface area contributed by atoms with Gasteiger partial charge in [0.15, 0.2) is 5.82 Å². The number of likely N-dealkylation sites (tertiary alicyclic amines) is 1. The molecule has 0 spiro atoms. The first kappa shape index (κ1) is 13.8. The van der Waals surface area contributed by atoms with Crippen LogP contribution in [0.1, 0.15) is 48.4 Å². The van der Waals surface area contributed by atoms with E-state index in [4.69, 9.17) is 16.1 Å². The molecular formula is C16H16ClN3O2. The molecule has 2 fully saturated rings. The van der Waals surface area contributed by atoms with Crippen LogP contribution in [0.5, 0.6) is 0 Å². The minimum atomic E-state index is -0.00464. The van der Waals surface area contributed by atoms with Gasteiger partial charge in [-0.2, -0.15) is 4.98 Å². The number of benzene rings is 1. The molecule has 2 aliphatic rings. The van der Waals surface area contributed by atoms with Gasteiger partial charge in [0.05, 0.1) is 5.92 Å². The minimum absolute atomic E-state index is 0.00464. The van der Waals surface area contributed by atoms with Gasteiger partial charge in [-0.1, -0.05) is 35.0 Å². The molecule has 5 nitrogen and oxygen atoms in total. The quantitative estimate of drug-likeness (QED) is 0.869. The highest BCUT2D eigenvalue weighted by molar-refractivity contribution is 6.31. The van der Waals surface area contributed by atoms with E-state index in [9.17, 15) is 4.79 Å². The Kier molecular flexibility index (Phi) is 3.37. The van der Waals surface area contributed by atoms with Crippen molar-refractivity contribution in [1.29, 1.82) is 0 Å². The van der Waals surface area contributed by atoms with Crippen molar-refractivity contribution < 1.29 is 9.32 Å². The first-order valence-corrected chi connectivity index (χ1v) is 7.93. The Bertz CT molecular complexity index is 711. The zero-order chi connectivity index (χ0) is 15.1. The number of nitrogens with zero attached hydrogens (tertiary/aromatic N) is 3. The van der Waals surface area contributed by atoms with E-state index < -0.39 is 0 Å². The lowest BCUT2D eigenvalue weighted by Gasteiger charge is -2.16. The van der Waals surface area contributed by atoms with Crippen molar-refractivity contribution in [3.05, 3.63) is 46.6 Å². The molecule has 1 aromatic heterocycles. The second-order valence-corrected chi connectivity index (χ2v) is 6.44. The summed E-state index contributed by atoms with van der Waals surface area (Å²) in [6, 6.07) is 7.60. The molecular weight excluding hydrogens is 302 g/mol. The van der Waals surface area contributed by atoms with Gasteiger partial charge in [0.25, 0.3) is 0 Å². The molecule has 1 saturated heterocycles. The summed E-state index contributed by atoms with van der Waals surface area (Å²) in [5, 5.41) is 4.72. The van der Waals surface area contributed by atoms with Crippen LogP contribution >= 0.6 is 11.6 Å². The van der Waals surface area contributed by atoms with Crippen LogP contribution in [0.15, 0.2) is 28.8 Å². The molecule has 6 heteroatoms. The van der Waals surface area contributed by atoms with E-state index in [1.54, 1.807) is 0 Å². The SMILES string of the molecule is O=C1CC(c2nc(C3CC3)no2)CN1Cc1ccccc1Cl. The zero-order valence-corrected chi connectivity index (χ0v) is 12.8. The number of rotatable bonds is 4. The average molecular weight is 318 g/mol. The van der Waals surface area contributed by atoms with Gasteiger partial charge in [-0.25, -0.2) is 0 Å². The highest BCUT2D eigenvalue weighted by atomic mass is 35.5. The molecule has 2 aromatic rings. The van der Waals surface area contributed by atoms with Crippen molar-refractivity contribution in [1.82, 2.24) is 15.0 Å². The molecule has 1 saturated carbocycles. The first-order valence-electron chi connectivity index (χ1n) is 7.55. The van der Waals surface area contributed by atoms with Gasteiger partial charge in [-0.05, 0) is 24.5 Å². The largest absolute Gasteiger partial charge is 0.339 e. The number of hydrogen-bond donors (Lipinski definition) is 0. The zero-order valence-electron chi connectivity index (χ0n) is 12.0. The third-order valence-corrected chi connectivity index (χ3v) is 4.65. The van der Waals surface area contributed by atoms with E-state index >= 15 is 0 Å². The fourth-order valence-corrected chi connectivity index (χ4v) is 3.04. The molecule has 1 amide bonds. The third kappa shape index (κ3) is 2.61. The number of hydrogen-bond acceptors (Lipinski definition) is 4. The Balaban J connectivity index is 1.47. The molecule has 4 rings (SSSR count). The molecule has 2 heterocycles. The molecule has 0 radical (unpaired) electrons. The molecule has 0 N–H and O–H groups in total. The van der Waals surface area contributed by atoms with Gasteiger partial charge in [0.1, 0.15) is 0 Å². The summed E-state index contributed by atoms with van der Waals surface area (Å²) in [4.78, 5) is 18.5. The lowest BCUT2D eigenvalue weighted by molar-refractivity contribution is -0.128. The van der Waals surface area contributed by atoms with Crippen molar-refractivity contribution in [2.45, 2.75) is 37.6 Å². The fraction of sp³-hybridized carbons (Fsp3) is 0.438. The van der Waals surface area contributed by atoms with Crippen LogP contribution in [0, 0.1) is 0 Å². The summed E-state index contributed by atoms with van der Waals surface area (Å²) in [7, 11) is 0. The summed E-state index contributed by atoms with van der Waals surface area (Å²) < 4.78 is 5.35. The summed E-state index contributed by atoms with van der Waals surface area (Å²) >= 11 is 6.17. The molecule has 22 heavy (non-hydrogen) atoms. The summed E-state index contributed by atoms with van der Waals surface area (Å²) in [5.74, 6) is 1.96. The fourth-order valence-electron chi connectivity index (χ4n) is 2.84. The van der Waals surface area contributed by atoms with Crippen LogP contribution in [0.3, 0.4) is 0 Å². The van der Waals surface area contributed by atoms with E-state index in [0.717, 1.165) is 24.2 Å². The lowest BCUT2D eigenvalue weighted by Crippen LogP contribution is -2.24. The normalized spacial score (nSPS) is 21.6. The second-order valence-electron chi connectivity index (χ2n) is 6.03. The summed E-state index contributed by atoms with van der Waals surface area (Å²) in [5.41, 5.74) is 0.961. The van der Waals surface area contributed by atoms with Crippen molar-refractivity contribution in [3.63, 3.8) is 0 Å². The standard InChI is InChI=1S/C16H16ClN3O2/c17-13-4-2-1-3-11(13)8-20-9-12(7-14(20)21)16-18-15(19-22-16)10-5-6-10/h1-4,10,12H,5-9H2. The number of amides is 1. The van der Waals surface area contributed by atoms with Crippen molar-refractivity contribution in [2.75, 3.05) is 6.54 Å². The highest BCUT2D eigenvalue weighted by Gasteiger charge is 2.36. The van der Waals surface area contributed by atoms with E-state index in [1.165, 1.54) is 0 Å². The lowest BCUT2D eigenvalue weighted by atomic mass is 10.1. The van der Waals surface area contributed by atoms with Crippen LogP contribution < -0.4 is 0 Å². The maximum atomic E-state index is 12.2. The Hall–Kier alpha value is -1.88. The number of carbonyl (C=O) groups is 1. The van der Waals surface area contributed by atoms with Crippen LogP contribution in [-0.4, -0.2) is 27.5 Å². The molecule has 114 valence electrons. The predicted octanol–water partition coefficient (Wildman–Crippen LogP) is 3.12. The van der Waals surface area contributed by atoms with E-state index in [2.05, 4.69) is 10.1 Å². The summed E-state index contributed by atoms with van der Waals surface area (Å²) in [6.45, 7) is 1.13.